The Morgan fingerprint density at radius 2 is 2.00 bits per heavy atom. The minimum Gasteiger partial charge on any atom is -0.317 e. The highest BCUT2D eigenvalue weighted by atomic mass is 32.2. The Morgan fingerprint density at radius 3 is 2.67 bits per heavy atom. The van der Waals surface area contributed by atoms with Crippen LogP contribution in [0.15, 0.2) is 29.2 Å². The molecule has 0 saturated heterocycles. The fourth-order valence-electron chi connectivity index (χ4n) is 2.83. The summed E-state index contributed by atoms with van der Waals surface area (Å²) in [4.78, 5) is 0.972. The van der Waals surface area contributed by atoms with E-state index < -0.39 is 10.8 Å². The van der Waals surface area contributed by atoms with Gasteiger partial charge < -0.3 is 5.32 Å². The van der Waals surface area contributed by atoms with Gasteiger partial charge in [0.25, 0.3) is 0 Å². The summed E-state index contributed by atoms with van der Waals surface area (Å²) in [7, 11) is 1.21. The van der Waals surface area contributed by atoms with Crippen LogP contribution in [0.25, 0.3) is 0 Å². The summed E-state index contributed by atoms with van der Waals surface area (Å²) in [6, 6.07) is 8.71. The summed E-state index contributed by atoms with van der Waals surface area (Å²) in [5.74, 6) is 1.51. The maximum absolute atomic E-state index is 12.2. The van der Waals surface area contributed by atoms with E-state index in [1.807, 2.05) is 31.3 Å². The number of hydrogen-bond donors (Lipinski definition) is 1. The van der Waals surface area contributed by atoms with E-state index in [4.69, 9.17) is 0 Å². The molecule has 0 heterocycles. The molecule has 18 heavy (non-hydrogen) atoms. The van der Waals surface area contributed by atoms with Gasteiger partial charge in [-0.15, -0.1) is 0 Å². The Kier molecular flexibility index (Phi) is 4.95. The van der Waals surface area contributed by atoms with Crippen molar-refractivity contribution in [2.75, 3.05) is 12.8 Å². The van der Waals surface area contributed by atoms with Crippen LogP contribution in [0.4, 0.5) is 0 Å². The van der Waals surface area contributed by atoms with Crippen LogP contribution in [0.2, 0.25) is 0 Å². The Labute approximate surface area is 113 Å². The lowest BCUT2D eigenvalue weighted by Crippen LogP contribution is -2.29. The summed E-state index contributed by atoms with van der Waals surface area (Å²) in [5, 5.41) is 3.39. The van der Waals surface area contributed by atoms with Crippen LogP contribution >= 0.6 is 0 Å². The van der Waals surface area contributed by atoms with Gasteiger partial charge >= 0.3 is 0 Å². The third-order valence-corrected chi connectivity index (χ3v) is 5.39. The second kappa shape index (κ2) is 6.48. The third kappa shape index (κ3) is 3.42. The zero-order valence-electron chi connectivity index (χ0n) is 11.3. The van der Waals surface area contributed by atoms with Crippen molar-refractivity contribution in [2.45, 2.75) is 43.5 Å². The van der Waals surface area contributed by atoms with E-state index in [-0.39, 0.29) is 0 Å². The first kappa shape index (κ1) is 13.8. The minimum atomic E-state index is -0.832. The van der Waals surface area contributed by atoms with Crippen LogP contribution in [0.5, 0.6) is 0 Å². The zero-order valence-corrected chi connectivity index (χ0v) is 12.1. The zero-order chi connectivity index (χ0) is 13.0. The first-order chi connectivity index (χ1) is 8.70. The topological polar surface area (TPSA) is 29.1 Å². The molecule has 1 aromatic carbocycles. The van der Waals surface area contributed by atoms with E-state index in [1.54, 1.807) is 0 Å². The van der Waals surface area contributed by atoms with Crippen molar-refractivity contribution in [3.05, 3.63) is 29.8 Å². The number of aryl methyl sites for hydroxylation is 1. The lowest BCUT2D eigenvalue weighted by atomic mass is 10.0. The van der Waals surface area contributed by atoms with Crippen LogP contribution in [-0.2, 0) is 10.8 Å². The Hall–Kier alpha value is -0.670. The molecule has 2 nitrogen and oxygen atoms in total. The van der Waals surface area contributed by atoms with Gasteiger partial charge in [0.1, 0.15) is 0 Å². The predicted octanol–water partition coefficient (Wildman–Crippen LogP) is 2.88. The molecule has 3 heteroatoms. The van der Waals surface area contributed by atoms with E-state index in [0.717, 1.165) is 17.1 Å². The number of hydrogen-bond acceptors (Lipinski definition) is 2. The van der Waals surface area contributed by atoms with Crippen molar-refractivity contribution < 1.29 is 4.21 Å². The lowest BCUT2D eigenvalue weighted by Gasteiger charge is -2.18. The molecule has 0 radical (unpaired) electrons. The molecule has 1 saturated carbocycles. The predicted molar refractivity (Wildman–Crippen MR) is 77.3 cm³/mol. The van der Waals surface area contributed by atoms with E-state index >= 15 is 0 Å². The van der Waals surface area contributed by atoms with Crippen molar-refractivity contribution in [1.82, 2.24) is 5.32 Å². The molecule has 1 aromatic rings. The molecule has 0 aliphatic heterocycles. The minimum absolute atomic E-state index is 0.639. The van der Waals surface area contributed by atoms with Gasteiger partial charge in [-0.3, -0.25) is 4.21 Å². The van der Waals surface area contributed by atoms with Crippen LogP contribution in [-0.4, -0.2) is 23.1 Å². The molecule has 3 unspecified atom stereocenters. The van der Waals surface area contributed by atoms with Crippen LogP contribution in [0, 0.1) is 12.8 Å². The van der Waals surface area contributed by atoms with Gasteiger partial charge in [0, 0.05) is 16.7 Å². The Bertz CT molecular complexity index is 401. The smallest absolute Gasteiger partial charge is 0.0529 e. The highest BCUT2D eigenvalue weighted by Crippen LogP contribution is 2.28. The Morgan fingerprint density at radius 1 is 1.28 bits per heavy atom. The van der Waals surface area contributed by atoms with Crippen molar-refractivity contribution in [3.8, 4) is 0 Å². The summed E-state index contributed by atoms with van der Waals surface area (Å²) < 4.78 is 12.2. The molecule has 0 spiro atoms. The first-order valence-electron chi connectivity index (χ1n) is 6.83. The van der Waals surface area contributed by atoms with Gasteiger partial charge in [0.2, 0.25) is 0 Å². The average molecular weight is 265 g/mol. The van der Waals surface area contributed by atoms with E-state index in [9.17, 15) is 4.21 Å². The number of benzene rings is 1. The first-order valence-corrected chi connectivity index (χ1v) is 8.15. The van der Waals surface area contributed by atoms with Gasteiger partial charge in [-0.25, -0.2) is 0 Å². The quantitative estimate of drug-likeness (QED) is 0.887. The summed E-state index contributed by atoms with van der Waals surface area (Å²) in [6.07, 6.45) is 4.95. The molecule has 0 bridgehead atoms. The van der Waals surface area contributed by atoms with E-state index in [0.29, 0.717) is 12.0 Å². The van der Waals surface area contributed by atoms with Crippen LogP contribution in [0.3, 0.4) is 0 Å². The van der Waals surface area contributed by atoms with Gasteiger partial charge in [-0.2, -0.15) is 0 Å². The maximum atomic E-state index is 12.2. The van der Waals surface area contributed by atoms with Crippen LogP contribution < -0.4 is 5.32 Å². The number of nitrogens with one attached hydrogen (secondary N) is 1. The summed E-state index contributed by atoms with van der Waals surface area (Å²) in [6.45, 7) is 2.06. The third-order valence-electron chi connectivity index (χ3n) is 3.99. The average Bonchev–Trinajstić information content (AvgIpc) is 2.84. The molecular weight excluding hydrogens is 242 g/mol. The fourth-order valence-corrected chi connectivity index (χ4v) is 4.02. The van der Waals surface area contributed by atoms with Crippen molar-refractivity contribution >= 4 is 10.8 Å². The molecule has 3 atom stereocenters. The SMILES string of the molecule is CNC1CCCC1CCS(=O)c1ccc(C)cc1. The Balaban J connectivity index is 1.86. The van der Waals surface area contributed by atoms with Crippen LogP contribution in [0.1, 0.15) is 31.2 Å². The molecule has 0 amide bonds. The maximum Gasteiger partial charge on any atom is 0.0529 e. The largest absolute Gasteiger partial charge is 0.317 e. The van der Waals surface area contributed by atoms with Crippen molar-refractivity contribution in [2.24, 2.45) is 5.92 Å². The van der Waals surface area contributed by atoms with E-state index in [2.05, 4.69) is 12.2 Å². The molecular formula is C15H23NOS. The number of rotatable bonds is 5. The molecule has 100 valence electrons. The fraction of sp³-hybridized carbons (Fsp3) is 0.600. The molecule has 1 N–H and O–H groups in total. The summed E-state index contributed by atoms with van der Waals surface area (Å²) in [5.41, 5.74) is 1.22. The molecule has 1 aliphatic rings. The highest BCUT2D eigenvalue weighted by Gasteiger charge is 2.25. The second-order valence-electron chi connectivity index (χ2n) is 5.24. The van der Waals surface area contributed by atoms with Crippen molar-refractivity contribution in [1.29, 1.82) is 0 Å². The molecule has 2 rings (SSSR count). The highest BCUT2D eigenvalue weighted by molar-refractivity contribution is 7.85. The molecule has 0 aromatic heterocycles. The van der Waals surface area contributed by atoms with Gasteiger partial charge in [0.15, 0.2) is 0 Å². The molecule has 1 fully saturated rings. The summed E-state index contributed by atoms with van der Waals surface area (Å²) >= 11 is 0. The van der Waals surface area contributed by atoms with Gasteiger partial charge in [0.05, 0.1) is 10.8 Å². The lowest BCUT2D eigenvalue weighted by molar-refractivity contribution is 0.416. The monoisotopic (exact) mass is 265 g/mol. The second-order valence-corrected chi connectivity index (χ2v) is 6.81. The van der Waals surface area contributed by atoms with Crippen molar-refractivity contribution in [3.63, 3.8) is 0 Å². The van der Waals surface area contributed by atoms with E-state index in [1.165, 1.54) is 24.8 Å². The normalized spacial score (nSPS) is 25.2. The van der Waals surface area contributed by atoms with Gasteiger partial charge in [-0.1, -0.05) is 24.1 Å². The standard InChI is InChI=1S/C15H23NOS/c1-12-6-8-14(9-7-12)18(17)11-10-13-4-3-5-15(13)16-2/h6-9,13,15-16H,3-5,10-11H2,1-2H3. The van der Waals surface area contributed by atoms with Gasteiger partial charge in [-0.05, 0) is 51.3 Å². The molecule has 1 aliphatic carbocycles.